The van der Waals surface area contributed by atoms with Crippen LogP contribution in [-0.2, 0) is 4.74 Å². The van der Waals surface area contributed by atoms with Crippen LogP contribution in [0.3, 0.4) is 0 Å². The largest absolute Gasteiger partial charge is 0.374 e. The molecule has 2 rings (SSSR count). The fourth-order valence-corrected chi connectivity index (χ4v) is 2.03. The first-order valence-corrected chi connectivity index (χ1v) is 5.58. The molecule has 2 aliphatic heterocycles. The van der Waals surface area contributed by atoms with Gasteiger partial charge in [0.25, 0.3) is 0 Å². The van der Waals surface area contributed by atoms with E-state index in [1.165, 1.54) is 13.1 Å². The molecule has 82 valence electrons. The van der Waals surface area contributed by atoms with Gasteiger partial charge >= 0.3 is 0 Å². The van der Waals surface area contributed by atoms with Gasteiger partial charge in [-0.25, -0.2) is 0 Å². The number of hydrogen-bond donors (Lipinski definition) is 1. The van der Waals surface area contributed by atoms with Gasteiger partial charge in [0.05, 0.1) is 12.7 Å². The van der Waals surface area contributed by atoms with Crippen molar-refractivity contribution in [3.8, 4) is 0 Å². The summed E-state index contributed by atoms with van der Waals surface area (Å²) in [6, 6.07) is 0. The summed E-state index contributed by atoms with van der Waals surface area (Å²) in [7, 11) is 2.14. The highest BCUT2D eigenvalue weighted by atomic mass is 16.5. The maximum absolute atomic E-state index is 5.75. The summed E-state index contributed by atoms with van der Waals surface area (Å²) < 4.78 is 5.75. The molecule has 0 saturated carbocycles. The Bertz CT molecular complexity index is 165. The molecule has 0 atom stereocenters. The molecular formula is C10H21N3O. The Hall–Kier alpha value is -0.160. The second-order valence-electron chi connectivity index (χ2n) is 4.31. The SMILES string of the molecule is CN1CC(OCCN2CCNCC2)C1. The van der Waals surface area contributed by atoms with E-state index in [9.17, 15) is 0 Å². The molecule has 4 nitrogen and oxygen atoms in total. The number of likely N-dealkylation sites (tertiary alicyclic amines) is 1. The third kappa shape index (κ3) is 2.92. The Morgan fingerprint density at radius 2 is 2.00 bits per heavy atom. The van der Waals surface area contributed by atoms with Crippen LogP contribution >= 0.6 is 0 Å². The minimum Gasteiger partial charge on any atom is -0.374 e. The number of hydrogen-bond acceptors (Lipinski definition) is 4. The van der Waals surface area contributed by atoms with Gasteiger partial charge in [-0.3, -0.25) is 4.90 Å². The minimum absolute atomic E-state index is 0.503. The molecule has 0 amide bonds. The lowest BCUT2D eigenvalue weighted by Gasteiger charge is -2.36. The van der Waals surface area contributed by atoms with Crippen LogP contribution in [-0.4, -0.2) is 75.4 Å². The molecule has 2 saturated heterocycles. The van der Waals surface area contributed by atoms with Gasteiger partial charge < -0.3 is 15.0 Å². The molecule has 0 aliphatic carbocycles. The molecule has 0 unspecified atom stereocenters. The van der Waals surface area contributed by atoms with Gasteiger partial charge in [0.1, 0.15) is 0 Å². The molecule has 2 heterocycles. The number of piperazine rings is 1. The standard InChI is InChI=1S/C10H21N3O/c1-12-8-10(9-12)14-7-6-13-4-2-11-3-5-13/h10-11H,2-9H2,1H3. The van der Waals surface area contributed by atoms with E-state index >= 15 is 0 Å². The highest BCUT2D eigenvalue weighted by molar-refractivity contribution is 4.77. The van der Waals surface area contributed by atoms with Crippen LogP contribution in [0.25, 0.3) is 0 Å². The molecule has 0 bridgehead atoms. The Kier molecular flexibility index (Phi) is 3.75. The van der Waals surface area contributed by atoms with Crippen LogP contribution in [0, 0.1) is 0 Å². The predicted octanol–water partition coefficient (Wildman–Crippen LogP) is -0.778. The van der Waals surface area contributed by atoms with Gasteiger partial charge in [0.2, 0.25) is 0 Å². The molecule has 4 heteroatoms. The molecule has 2 fully saturated rings. The second kappa shape index (κ2) is 5.07. The van der Waals surface area contributed by atoms with Crippen molar-refractivity contribution in [2.45, 2.75) is 6.10 Å². The van der Waals surface area contributed by atoms with Crippen molar-refractivity contribution in [3.63, 3.8) is 0 Å². The van der Waals surface area contributed by atoms with E-state index < -0.39 is 0 Å². The number of ether oxygens (including phenoxy) is 1. The van der Waals surface area contributed by atoms with E-state index in [-0.39, 0.29) is 0 Å². The summed E-state index contributed by atoms with van der Waals surface area (Å²) in [6.45, 7) is 8.84. The van der Waals surface area contributed by atoms with Crippen LogP contribution in [0.4, 0.5) is 0 Å². The molecular weight excluding hydrogens is 178 g/mol. The summed E-state index contributed by atoms with van der Waals surface area (Å²) >= 11 is 0. The zero-order chi connectivity index (χ0) is 9.80. The smallest absolute Gasteiger partial charge is 0.0829 e. The molecule has 0 spiro atoms. The lowest BCUT2D eigenvalue weighted by Crippen LogP contribution is -2.51. The normalized spacial score (nSPS) is 26.4. The quantitative estimate of drug-likeness (QED) is 0.643. The Morgan fingerprint density at radius 3 is 2.64 bits per heavy atom. The van der Waals surface area contributed by atoms with Crippen molar-refractivity contribution in [1.29, 1.82) is 0 Å². The molecule has 0 aromatic heterocycles. The first-order chi connectivity index (χ1) is 6.84. The summed E-state index contributed by atoms with van der Waals surface area (Å²) in [5.41, 5.74) is 0. The van der Waals surface area contributed by atoms with Gasteiger partial charge in [-0.05, 0) is 7.05 Å². The number of nitrogens with zero attached hydrogens (tertiary/aromatic N) is 2. The molecule has 14 heavy (non-hydrogen) atoms. The third-order valence-corrected chi connectivity index (χ3v) is 3.00. The van der Waals surface area contributed by atoms with Crippen molar-refractivity contribution in [3.05, 3.63) is 0 Å². The van der Waals surface area contributed by atoms with Crippen LogP contribution in [0.1, 0.15) is 0 Å². The topological polar surface area (TPSA) is 27.7 Å². The number of rotatable bonds is 4. The van der Waals surface area contributed by atoms with Crippen molar-refractivity contribution in [2.75, 3.05) is 59.5 Å². The maximum atomic E-state index is 5.75. The average Bonchev–Trinajstić information content (AvgIpc) is 2.17. The van der Waals surface area contributed by atoms with Crippen molar-refractivity contribution >= 4 is 0 Å². The lowest BCUT2D eigenvalue weighted by molar-refractivity contribution is -0.0492. The van der Waals surface area contributed by atoms with Gasteiger partial charge in [-0.1, -0.05) is 0 Å². The minimum atomic E-state index is 0.503. The van der Waals surface area contributed by atoms with Crippen LogP contribution in [0.5, 0.6) is 0 Å². The van der Waals surface area contributed by atoms with E-state index in [2.05, 4.69) is 22.2 Å². The van der Waals surface area contributed by atoms with E-state index in [1.807, 2.05) is 0 Å². The average molecular weight is 199 g/mol. The van der Waals surface area contributed by atoms with E-state index in [0.29, 0.717) is 6.10 Å². The second-order valence-corrected chi connectivity index (χ2v) is 4.31. The fourth-order valence-electron chi connectivity index (χ4n) is 2.03. The summed E-state index contributed by atoms with van der Waals surface area (Å²) in [4.78, 5) is 4.76. The van der Waals surface area contributed by atoms with Gasteiger partial charge in [-0.15, -0.1) is 0 Å². The maximum Gasteiger partial charge on any atom is 0.0829 e. The van der Waals surface area contributed by atoms with E-state index in [4.69, 9.17) is 4.74 Å². The monoisotopic (exact) mass is 199 g/mol. The third-order valence-electron chi connectivity index (χ3n) is 3.00. The Morgan fingerprint density at radius 1 is 1.29 bits per heavy atom. The molecule has 0 aromatic rings. The van der Waals surface area contributed by atoms with Crippen molar-refractivity contribution < 1.29 is 4.74 Å². The molecule has 0 radical (unpaired) electrons. The van der Waals surface area contributed by atoms with Crippen molar-refractivity contribution in [2.24, 2.45) is 0 Å². The summed E-state index contributed by atoms with van der Waals surface area (Å²) in [6.07, 6.45) is 0.503. The Balaban J connectivity index is 1.50. The first-order valence-electron chi connectivity index (χ1n) is 5.58. The number of likely N-dealkylation sites (N-methyl/N-ethyl adjacent to an activating group) is 1. The lowest BCUT2D eigenvalue weighted by atomic mass is 10.2. The van der Waals surface area contributed by atoms with Gasteiger partial charge in [0.15, 0.2) is 0 Å². The summed E-state index contributed by atoms with van der Waals surface area (Å²) in [5, 5.41) is 3.35. The van der Waals surface area contributed by atoms with Crippen molar-refractivity contribution in [1.82, 2.24) is 15.1 Å². The van der Waals surface area contributed by atoms with Crippen LogP contribution in [0.15, 0.2) is 0 Å². The zero-order valence-electron chi connectivity index (χ0n) is 9.04. The summed E-state index contributed by atoms with van der Waals surface area (Å²) in [5.74, 6) is 0. The van der Waals surface area contributed by atoms with Crippen LogP contribution < -0.4 is 5.32 Å². The van der Waals surface area contributed by atoms with E-state index in [1.54, 1.807) is 0 Å². The molecule has 2 aliphatic rings. The highest BCUT2D eigenvalue weighted by Crippen LogP contribution is 2.07. The van der Waals surface area contributed by atoms with Gasteiger partial charge in [-0.2, -0.15) is 0 Å². The highest BCUT2D eigenvalue weighted by Gasteiger charge is 2.23. The van der Waals surface area contributed by atoms with Crippen LogP contribution in [0.2, 0.25) is 0 Å². The van der Waals surface area contributed by atoms with E-state index in [0.717, 1.165) is 39.3 Å². The number of nitrogens with one attached hydrogen (secondary N) is 1. The predicted molar refractivity (Wildman–Crippen MR) is 56.5 cm³/mol. The van der Waals surface area contributed by atoms with Gasteiger partial charge in [0, 0.05) is 45.8 Å². The fraction of sp³-hybridized carbons (Fsp3) is 1.00. The zero-order valence-corrected chi connectivity index (χ0v) is 9.04. The molecule has 1 N–H and O–H groups in total. The first kappa shape index (κ1) is 10.4. The molecule has 0 aromatic carbocycles. The Labute approximate surface area is 86.2 Å².